The lowest BCUT2D eigenvalue weighted by atomic mass is 10.0. The summed E-state index contributed by atoms with van der Waals surface area (Å²) < 4.78 is 15.0. The van der Waals surface area contributed by atoms with Crippen molar-refractivity contribution in [3.8, 4) is 5.69 Å². The van der Waals surface area contributed by atoms with E-state index >= 15 is 0 Å². The van der Waals surface area contributed by atoms with Gasteiger partial charge in [0.05, 0.1) is 23.1 Å². The van der Waals surface area contributed by atoms with Crippen molar-refractivity contribution in [2.75, 3.05) is 16.8 Å². The van der Waals surface area contributed by atoms with Crippen molar-refractivity contribution in [2.24, 2.45) is 0 Å². The summed E-state index contributed by atoms with van der Waals surface area (Å²) in [4.78, 5) is 26.8. The van der Waals surface area contributed by atoms with Crippen LogP contribution in [0.3, 0.4) is 0 Å². The van der Waals surface area contributed by atoms with E-state index in [2.05, 4.69) is 10.4 Å². The Morgan fingerprint density at radius 2 is 1.90 bits per heavy atom. The van der Waals surface area contributed by atoms with Crippen LogP contribution in [0.1, 0.15) is 48.7 Å². The number of hydrogen-bond acceptors (Lipinski definition) is 3. The number of rotatable bonds is 5. The number of hydrogen-bond donors (Lipinski definition) is 1. The average Bonchev–Trinajstić information content (AvgIpc) is 3.35. The first-order chi connectivity index (χ1) is 14.4. The van der Waals surface area contributed by atoms with Crippen molar-refractivity contribution < 1.29 is 14.0 Å². The van der Waals surface area contributed by atoms with Crippen LogP contribution in [0.15, 0.2) is 54.7 Å². The highest BCUT2D eigenvalue weighted by Crippen LogP contribution is 2.27. The summed E-state index contributed by atoms with van der Waals surface area (Å²) in [6, 6.07) is 13.3. The number of amides is 2. The molecule has 3 aromatic rings. The molecule has 4 rings (SSSR count). The van der Waals surface area contributed by atoms with Crippen molar-refractivity contribution in [1.29, 1.82) is 0 Å². The maximum absolute atomic E-state index is 13.3. The van der Waals surface area contributed by atoms with Gasteiger partial charge in [0, 0.05) is 24.3 Å². The van der Waals surface area contributed by atoms with E-state index in [0.717, 1.165) is 17.8 Å². The quantitative estimate of drug-likeness (QED) is 0.678. The minimum atomic E-state index is -0.327. The molecule has 1 aliphatic heterocycles. The third-order valence-corrected chi connectivity index (χ3v) is 5.16. The highest BCUT2D eigenvalue weighted by Gasteiger charge is 2.23. The number of nitrogens with one attached hydrogen (secondary N) is 1. The molecule has 2 aromatic carbocycles. The molecule has 0 unspecified atom stereocenters. The summed E-state index contributed by atoms with van der Waals surface area (Å²) in [7, 11) is 0. The predicted octanol–water partition coefficient (Wildman–Crippen LogP) is 4.51. The molecule has 0 radical (unpaired) electrons. The number of carbonyl (C=O) groups is 2. The zero-order valence-electron chi connectivity index (χ0n) is 16.9. The predicted molar refractivity (Wildman–Crippen MR) is 114 cm³/mol. The molecule has 1 aliphatic rings. The summed E-state index contributed by atoms with van der Waals surface area (Å²) >= 11 is 0. The molecule has 154 valence electrons. The van der Waals surface area contributed by atoms with Gasteiger partial charge < -0.3 is 10.2 Å². The fraction of sp³-hybridized carbons (Fsp3) is 0.261. The smallest absolute Gasteiger partial charge is 0.259 e. The molecule has 30 heavy (non-hydrogen) atoms. The normalized spacial score (nSPS) is 13.9. The van der Waals surface area contributed by atoms with Crippen LogP contribution < -0.4 is 10.2 Å². The number of nitrogens with zero attached hydrogens (tertiary/aromatic N) is 3. The van der Waals surface area contributed by atoms with Gasteiger partial charge in [0.1, 0.15) is 5.82 Å². The SMILES string of the molecule is CC(C)c1c(C(=O)Nc2cccc(N3CCCC3=O)c2)cnn1-c1ccc(F)cc1. The molecule has 0 spiro atoms. The van der Waals surface area contributed by atoms with Crippen molar-refractivity contribution in [1.82, 2.24) is 9.78 Å². The molecule has 1 saturated heterocycles. The molecule has 1 aromatic heterocycles. The van der Waals surface area contributed by atoms with Crippen LogP contribution in [0.25, 0.3) is 5.69 Å². The van der Waals surface area contributed by atoms with E-state index in [-0.39, 0.29) is 23.5 Å². The van der Waals surface area contributed by atoms with Crippen molar-refractivity contribution in [2.45, 2.75) is 32.6 Å². The summed E-state index contributed by atoms with van der Waals surface area (Å²) in [5, 5.41) is 7.29. The lowest BCUT2D eigenvalue weighted by Crippen LogP contribution is -2.23. The van der Waals surface area contributed by atoms with Gasteiger partial charge in [-0.15, -0.1) is 0 Å². The average molecular weight is 406 g/mol. The first kappa shape index (κ1) is 19.8. The first-order valence-corrected chi connectivity index (χ1v) is 9.99. The largest absolute Gasteiger partial charge is 0.322 e. The zero-order valence-corrected chi connectivity index (χ0v) is 16.9. The zero-order chi connectivity index (χ0) is 21.3. The van der Waals surface area contributed by atoms with Crippen molar-refractivity contribution in [3.05, 3.63) is 71.8 Å². The van der Waals surface area contributed by atoms with E-state index < -0.39 is 0 Å². The number of anilines is 2. The molecular weight excluding hydrogens is 383 g/mol. The Balaban J connectivity index is 1.61. The number of aromatic nitrogens is 2. The van der Waals surface area contributed by atoms with Gasteiger partial charge in [0.2, 0.25) is 5.91 Å². The topological polar surface area (TPSA) is 67.2 Å². The van der Waals surface area contributed by atoms with Crippen LogP contribution in [0.5, 0.6) is 0 Å². The summed E-state index contributed by atoms with van der Waals surface area (Å²) in [5.74, 6) is -0.490. The summed E-state index contributed by atoms with van der Waals surface area (Å²) in [5.41, 5.74) is 3.28. The van der Waals surface area contributed by atoms with Gasteiger partial charge in [0.25, 0.3) is 5.91 Å². The second kappa shape index (κ2) is 8.10. The molecule has 0 atom stereocenters. The van der Waals surface area contributed by atoms with Gasteiger partial charge in [-0.25, -0.2) is 9.07 Å². The lowest BCUT2D eigenvalue weighted by Gasteiger charge is -2.17. The Morgan fingerprint density at radius 1 is 1.13 bits per heavy atom. The van der Waals surface area contributed by atoms with Gasteiger partial charge in [-0.3, -0.25) is 9.59 Å². The van der Waals surface area contributed by atoms with Gasteiger partial charge in [-0.1, -0.05) is 19.9 Å². The van der Waals surface area contributed by atoms with Gasteiger partial charge >= 0.3 is 0 Å². The van der Waals surface area contributed by atoms with Crippen molar-refractivity contribution in [3.63, 3.8) is 0 Å². The first-order valence-electron chi connectivity index (χ1n) is 9.99. The summed E-state index contributed by atoms with van der Waals surface area (Å²) in [6.45, 7) is 4.65. The van der Waals surface area contributed by atoms with Crippen LogP contribution in [0, 0.1) is 5.82 Å². The Morgan fingerprint density at radius 3 is 2.57 bits per heavy atom. The fourth-order valence-electron chi connectivity index (χ4n) is 3.75. The Bertz CT molecular complexity index is 1090. The number of benzene rings is 2. The number of carbonyl (C=O) groups excluding carboxylic acids is 2. The van der Waals surface area contributed by atoms with E-state index in [4.69, 9.17) is 0 Å². The van der Waals surface area contributed by atoms with Gasteiger partial charge in [-0.05, 0) is 54.8 Å². The second-order valence-electron chi connectivity index (χ2n) is 7.64. The third kappa shape index (κ3) is 3.83. The molecule has 0 aliphatic carbocycles. The standard InChI is InChI=1S/C23H23FN4O2/c1-15(2)22-20(14-25-28(22)18-10-8-16(24)9-11-18)23(30)26-17-5-3-6-19(13-17)27-12-4-7-21(27)29/h3,5-6,8-11,13-15H,4,7,12H2,1-2H3,(H,26,30). The monoisotopic (exact) mass is 406 g/mol. The minimum Gasteiger partial charge on any atom is -0.322 e. The van der Waals surface area contributed by atoms with E-state index in [1.54, 1.807) is 33.8 Å². The fourth-order valence-corrected chi connectivity index (χ4v) is 3.75. The molecule has 0 saturated carbocycles. The third-order valence-electron chi connectivity index (χ3n) is 5.16. The Kier molecular flexibility index (Phi) is 5.35. The van der Waals surface area contributed by atoms with E-state index in [0.29, 0.717) is 29.9 Å². The molecule has 6 nitrogen and oxygen atoms in total. The maximum Gasteiger partial charge on any atom is 0.259 e. The molecule has 2 heterocycles. The minimum absolute atomic E-state index is 0.0202. The molecular formula is C23H23FN4O2. The molecule has 1 N–H and O–H groups in total. The second-order valence-corrected chi connectivity index (χ2v) is 7.64. The van der Waals surface area contributed by atoms with E-state index in [1.165, 1.54) is 18.3 Å². The molecule has 2 amide bonds. The van der Waals surface area contributed by atoms with Gasteiger partial charge in [-0.2, -0.15) is 5.10 Å². The highest BCUT2D eigenvalue weighted by atomic mass is 19.1. The van der Waals surface area contributed by atoms with Crippen LogP contribution >= 0.6 is 0 Å². The lowest BCUT2D eigenvalue weighted by molar-refractivity contribution is -0.117. The van der Waals surface area contributed by atoms with E-state index in [9.17, 15) is 14.0 Å². The molecule has 7 heteroatoms. The Hall–Kier alpha value is -3.48. The highest BCUT2D eigenvalue weighted by molar-refractivity contribution is 6.05. The van der Waals surface area contributed by atoms with Gasteiger partial charge in [0.15, 0.2) is 0 Å². The number of halogens is 1. The van der Waals surface area contributed by atoms with Crippen molar-refractivity contribution >= 4 is 23.2 Å². The van der Waals surface area contributed by atoms with Crippen LogP contribution in [-0.4, -0.2) is 28.1 Å². The maximum atomic E-state index is 13.3. The van der Waals surface area contributed by atoms with Crippen LogP contribution in [0.2, 0.25) is 0 Å². The summed E-state index contributed by atoms with van der Waals surface area (Å²) in [6.07, 6.45) is 2.93. The molecule has 0 bridgehead atoms. The Labute approximate surface area is 174 Å². The van der Waals surface area contributed by atoms with E-state index in [1.807, 2.05) is 26.0 Å². The van der Waals surface area contributed by atoms with Crippen LogP contribution in [0.4, 0.5) is 15.8 Å². The molecule has 1 fully saturated rings. The van der Waals surface area contributed by atoms with Crippen LogP contribution in [-0.2, 0) is 4.79 Å².